The highest BCUT2D eigenvalue weighted by Gasteiger charge is 2.16. The van der Waals surface area contributed by atoms with Crippen LogP contribution in [-0.4, -0.2) is 36.6 Å². The molecule has 0 radical (unpaired) electrons. The summed E-state index contributed by atoms with van der Waals surface area (Å²) in [7, 11) is 0. The highest BCUT2D eigenvalue weighted by Crippen LogP contribution is 2.20. The molecule has 0 saturated heterocycles. The van der Waals surface area contributed by atoms with Crippen LogP contribution in [0.4, 0.5) is 0 Å². The molecule has 8 nitrogen and oxygen atoms in total. The fourth-order valence-electron chi connectivity index (χ4n) is 4.32. The molecule has 8 heteroatoms. The highest BCUT2D eigenvalue weighted by atomic mass is 16.5. The maximum atomic E-state index is 12.9. The second-order valence-electron chi connectivity index (χ2n) is 8.44. The molecular weight excluding hydrogens is 416 g/mol. The third kappa shape index (κ3) is 4.60. The van der Waals surface area contributed by atoms with Crippen LogP contribution < -0.4 is 10.1 Å². The summed E-state index contributed by atoms with van der Waals surface area (Å²) in [5.74, 6) is 2.39. The van der Waals surface area contributed by atoms with Gasteiger partial charge in [0.15, 0.2) is 0 Å². The van der Waals surface area contributed by atoms with Crippen LogP contribution in [0, 0.1) is 6.92 Å². The van der Waals surface area contributed by atoms with E-state index >= 15 is 0 Å². The van der Waals surface area contributed by atoms with Crippen molar-refractivity contribution in [2.24, 2.45) is 0 Å². The van der Waals surface area contributed by atoms with Crippen LogP contribution in [0.25, 0.3) is 5.65 Å². The number of hydrogen-bond donors (Lipinski definition) is 1. The molecule has 0 spiro atoms. The number of carbonyl (C=O) groups excluding carboxylic acids is 1. The zero-order valence-corrected chi connectivity index (χ0v) is 18.8. The van der Waals surface area contributed by atoms with Crippen molar-refractivity contribution in [1.82, 2.24) is 29.5 Å². The summed E-state index contributed by atoms with van der Waals surface area (Å²) in [6.45, 7) is 3.78. The molecule has 1 N–H and O–H groups in total. The van der Waals surface area contributed by atoms with Gasteiger partial charge in [0.25, 0.3) is 5.91 Å². The van der Waals surface area contributed by atoms with Gasteiger partial charge in [-0.1, -0.05) is 24.6 Å². The van der Waals surface area contributed by atoms with Crippen molar-refractivity contribution >= 4 is 11.6 Å². The molecule has 0 saturated carbocycles. The van der Waals surface area contributed by atoms with Gasteiger partial charge in [-0.05, 0) is 43.5 Å². The van der Waals surface area contributed by atoms with Gasteiger partial charge in [-0.3, -0.25) is 4.79 Å². The van der Waals surface area contributed by atoms with Crippen molar-refractivity contribution in [2.45, 2.75) is 52.2 Å². The number of fused-ring (bicyclic) bond motifs is 2. The summed E-state index contributed by atoms with van der Waals surface area (Å²) in [5.41, 5.74) is 3.34. The molecule has 170 valence electrons. The molecule has 0 unspecified atom stereocenters. The van der Waals surface area contributed by atoms with E-state index in [2.05, 4.69) is 25.1 Å². The molecule has 4 aromatic rings. The number of pyridine rings is 1. The van der Waals surface area contributed by atoms with E-state index in [0.29, 0.717) is 24.3 Å². The van der Waals surface area contributed by atoms with Gasteiger partial charge in [-0.15, -0.1) is 10.2 Å². The second-order valence-corrected chi connectivity index (χ2v) is 8.44. The van der Waals surface area contributed by atoms with Crippen LogP contribution in [0.3, 0.4) is 0 Å². The van der Waals surface area contributed by atoms with Crippen molar-refractivity contribution in [2.75, 3.05) is 6.54 Å². The van der Waals surface area contributed by atoms with Crippen molar-refractivity contribution in [3.8, 4) is 5.75 Å². The van der Waals surface area contributed by atoms with E-state index in [1.165, 1.54) is 12.8 Å². The number of para-hydroxylation sites is 1. The molecule has 0 aliphatic carbocycles. The van der Waals surface area contributed by atoms with Gasteiger partial charge in [-0.25, -0.2) is 4.98 Å². The van der Waals surface area contributed by atoms with Crippen molar-refractivity contribution in [3.05, 3.63) is 77.3 Å². The Labute approximate surface area is 192 Å². The summed E-state index contributed by atoms with van der Waals surface area (Å²) in [4.78, 5) is 17.5. The second kappa shape index (κ2) is 9.44. The molecule has 1 aromatic carbocycles. The van der Waals surface area contributed by atoms with Gasteiger partial charge >= 0.3 is 0 Å². The first-order chi connectivity index (χ1) is 16.2. The van der Waals surface area contributed by atoms with E-state index in [1.807, 2.05) is 54.0 Å². The van der Waals surface area contributed by atoms with Gasteiger partial charge in [0.1, 0.15) is 29.7 Å². The molecule has 33 heavy (non-hydrogen) atoms. The normalized spacial score (nSPS) is 13.5. The number of amides is 1. The topological polar surface area (TPSA) is 86.3 Å². The van der Waals surface area contributed by atoms with Crippen molar-refractivity contribution in [1.29, 1.82) is 0 Å². The number of benzene rings is 1. The Hall–Kier alpha value is -3.68. The lowest BCUT2D eigenvalue weighted by Gasteiger charge is -2.11. The van der Waals surface area contributed by atoms with E-state index in [-0.39, 0.29) is 12.5 Å². The Morgan fingerprint density at radius 3 is 2.94 bits per heavy atom. The number of hydrogen-bond acceptors (Lipinski definition) is 5. The average molecular weight is 445 g/mol. The van der Waals surface area contributed by atoms with Gasteiger partial charge in [-0.2, -0.15) is 0 Å². The molecular formula is C25H28N6O2. The minimum atomic E-state index is -0.160. The average Bonchev–Trinajstić information content (AvgIpc) is 3.34. The maximum absolute atomic E-state index is 12.9. The van der Waals surface area contributed by atoms with Gasteiger partial charge < -0.3 is 19.0 Å². The Balaban J connectivity index is 1.21. The number of carbonyl (C=O) groups is 1. The predicted octanol–water partition coefficient (Wildman–Crippen LogP) is 3.51. The zero-order chi connectivity index (χ0) is 22.6. The first-order valence-corrected chi connectivity index (χ1v) is 11.5. The van der Waals surface area contributed by atoms with E-state index < -0.39 is 0 Å². The summed E-state index contributed by atoms with van der Waals surface area (Å²) < 4.78 is 10.2. The summed E-state index contributed by atoms with van der Waals surface area (Å²) >= 11 is 0. The van der Waals surface area contributed by atoms with Gasteiger partial charge in [0, 0.05) is 38.3 Å². The van der Waals surface area contributed by atoms with Gasteiger partial charge in [0.05, 0.1) is 11.3 Å². The number of aromatic nitrogens is 5. The third-order valence-electron chi connectivity index (χ3n) is 6.06. The number of nitrogens with zero attached hydrogens (tertiary/aromatic N) is 5. The van der Waals surface area contributed by atoms with Crippen LogP contribution in [0.2, 0.25) is 0 Å². The summed E-state index contributed by atoms with van der Waals surface area (Å²) in [6.07, 6.45) is 9.10. The Morgan fingerprint density at radius 1 is 1.12 bits per heavy atom. The molecule has 0 bridgehead atoms. The summed E-state index contributed by atoms with van der Waals surface area (Å²) in [6, 6.07) is 11.3. The third-order valence-corrected chi connectivity index (χ3v) is 6.06. The minimum absolute atomic E-state index is 0.160. The van der Waals surface area contributed by atoms with Crippen molar-refractivity contribution in [3.63, 3.8) is 0 Å². The molecule has 4 heterocycles. The Morgan fingerprint density at radius 2 is 2.03 bits per heavy atom. The molecule has 1 aliphatic heterocycles. The molecule has 0 atom stereocenters. The smallest absolute Gasteiger partial charge is 0.255 e. The van der Waals surface area contributed by atoms with Crippen LogP contribution >= 0.6 is 0 Å². The Bertz CT molecular complexity index is 1280. The van der Waals surface area contributed by atoms with E-state index in [9.17, 15) is 4.79 Å². The van der Waals surface area contributed by atoms with E-state index in [1.54, 1.807) is 6.07 Å². The molecule has 1 amide bonds. The molecule has 5 rings (SSSR count). The fraction of sp³-hybridized carbons (Fsp3) is 0.360. The molecule has 3 aromatic heterocycles. The number of aryl methyl sites for hydroxylation is 2. The SMILES string of the molecule is Cc1cccn2cc(COc3ccccc3C(=O)NCCc3nnc4n3CCCCC4)nc12. The first kappa shape index (κ1) is 21.2. The monoisotopic (exact) mass is 444 g/mol. The van der Waals surface area contributed by atoms with Crippen molar-refractivity contribution < 1.29 is 9.53 Å². The lowest BCUT2D eigenvalue weighted by atomic mass is 10.2. The first-order valence-electron chi connectivity index (χ1n) is 11.5. The lowest BCUT2D eigenvalue weighted by Crippen LogP contribution is -2.27. The number of rotatable bonds is 7. The van der Waals surface area contributed by atoms with Crippen LogP contribution in [0.1, 0.15) is 52.5 Å². The lowest BCUT2D eigenvalue weighted by molar-refractivity contribution is 0.0949. The minimum Gasteiger partial charge on any atom is -0.486 e. The quantitative estimate of drug-likeness (QED) is 0.471. The van der Waals surface area contributed by atoms with Crippen LogP contribution in [0.5, 0.6) is 5.75 Å². The number of ether oxygens (including phenoxy) is 1. The standard InChI is InChI=1S/C25H28N6O2/c1-18-8-7-14-30-16-19(27-24(18)30)17-33-21-10-5-4-9-20(21)25(32)26-13-12-23-29-28-22-11-3-2-6-15-31(22)23/h4-5,7-10,14,16H,2-3,6,11-13,15,17H2,1H3,(H,26,32). The largest absolute Gasteiger partial charge is 0.486 e. The molecule has 0 fully saturated rings. The van der Waals surface area contributed by atoms with Crippen LogP contribution in [-0.2, 0) is 26.0 Å². The summed E-state index contributed by atoms with van der Waals surface area (Å²) in [5, 5.41) is 11.7. The van der Waals surface area contributed by atoms with Crippen LogP contribution in [0.15, 0.2) is 48.8 Å². The fourth-order valence-corrected chi connectivity index (χ4v) is 4.32. The molecule has 1 aliphatic rings. The Kier molecular flexibility index (Phi) is 6.06. The predicted molar refractivity (Wildman–Crippen MR) is 124 cm³/mol. The van der Waals surface area contributed by atoms with E-state index in [4.69, 9.17) is 4.74 Å². The highest BCUT2D eigenvalue weighted by molar-refractivity contribution is 5.96. The maximum Gasteiger partial charge on any atom is 0.255 e. The van der Waals surface area contributed by atoms with E-state index in [0.717, 1.165) is 47.9 Å². The van der Waals surface area contributed by atoms with Gasteiger partial charge in [0.2, 0.25) is 0 Å². The number of nitrogens with one attached hydrogen (secondary N) is 1. The zero-order valence-electron chi connectivity index (χ0n) is 18.8. The number of imidazole rings is 1.